The standard InChI is InChI=1S/C10H11N3O2S/c1-2-7(14)9-10(15)16-8(13-9)3-6-4-11-5-12-6/h4-5,15H,2-3H2,1H3,(H,11,12). The Bertz CT molecular complexity index is 490. The summed E-state index contributed by atoms with van der Waals surface area (Å²) in [7, 11) is 0. The molecule has 2 heterocycles. The number of hydrogen-bond acceptors (Lipinski definition) is 5. The van der Waals surface area contributed by atoms with Crippen LogP contribution in [0.15, 0.2) is 12.5 Å². The molecular weight excluding hydrogens is 226 g/mol. The molecule has 2 N–H and O–H groups in total. The van der Waals surface area contributed by atoms with Crippen molar-refractivity contribution in [3.05, 3.63) is 28.9 Å². The highest BCUT2D eigenvalue weighted by Gasteiger charge is 2.16. The lowest BCUT2D eigenvalue weighted by Crippen LogP contribution is -1.98. The third-order valence-corrected chi connectivity index (χ3v) is 2.99. The molecule has 0 fully saturated rings. The van der Waals surface area contributed by atoms with E-state index in [1.165, 1.54) is 0 Å². The van der Waals surface area contributed by atoms with Crippen molar-refractivity contribution < 1.29 is 9.90 Å². The number of nitrogens with zero attached hydrogens (tertiary/aromatic N) is 2. The van der Waals surface area contributed by atoms with Gasteiger partial charge in [-0.1, -0.05) is 18.3 Å². The van der Waals surface area contributed by atoms with E-state index >= 15 is 0 Å². The molecule has 0 radical (unpaired) electrons. The van der Waals surface area contributed by atoms with Gasteiger partial charge in [0.15, 0.2) is 11.5 Å². The number of aromatic hydroxyl groups is 1. The summed E-state index contributed by atoms with van der Waals surface area (Å²) in [5.74, 6) is -0.135. The molecule has 0 saturated carbocycles. The van der Waals surface area contributed by atoms with Gasteiger partial charge in [-0.2, -0.15) is 0 Å². The third-order valence-electron chi connectivity index (χ3n) is 2.14. The van der Waals surface area contributed by atoms with Crippen LogP contribution < -0.4 is 0 Å². The highest BCUT2D eigenvalue weighted by atomic mass is 32.1. The Labute approximate surface area is 96.2 Å². The van der Waals surface area contributed by atoms with E-state index in [2.05, 4.69) is 15.0 Å². The quantitative estimate of drug-likeness (QED) is 0.794. The van der Waals surface area contributed by atoms with Gasteiger partial charge in [0.25, 0.3) is 0 Å². The molecule has 0 atom stereocenters. The first-order valence-corrected chi connectivity index (χ1v) is 5.71. The number of rotatable bonds is 4. The number of carbonyl (C=O) groups excluding carboxylic acids is 1. The van der Waals surface area contributed by atoms with Crippen molar-refractivity contribution in [1.82, 2.24) is 15.0 Å². The molecule has 0 bridgehead atoms. The largest absolute Gasteiger partial charge is 0.498 e. The summed E-state index contributed by atoms with van der Waals surface area (Å²) < 4.78 is 0. The Hall–Kier alpha value is -1.69. The van der Waals surface area contributed by atoms with Crippen LogP contribution in [0.1, 0.15) is 34.5 Å². The molecule has 2 rings (SSSR count). The molecular formula is C10H11N3O2S. The predicted octanol–water partition coefficient (Wildman–Crippen LogP) is 1.76. The second-order valence-electron chi connectivity index (χ2n) is 3.29. The van der Waals surface area contributed by atoms with Crippen LogP contribution in [0, 0.1) is 0 Å². The highest BCUT2D eigenvalue weighted by molar-refractivity contribution is 7.13. The number of H-pyrrole nitrogens is 1. The minimum atomic E-state index is -0.135. The zero-order valence-corrected chi connectivity index (χ0v) is 9.54. The van der Waals surface area contributed by atoms with Crippen LogP contribution in [-0.2, 0) is 6.42 Å². The molecule has 2 aromatic rings. The molecule has 0 unspecified atom stereocenters. The zero-order valence-electron chi connectivity index (χ0n) is 8.73. The molecule has 6 heteroatoms. The van der Waals surface area contributed by atoms with E-state index in [1.807, 2.05) is 0 Å². The summed E-state index contributed by atoms with van der Waals surface area (Å²) >= 11 is 1.13. The molecule has 16 heavy (non-hydrogen) atoms. The second kappa shape index (κ2) is 4.44. The number of aromatic amines is 1. The number of ketones is 1. The van der Waals surface area contributed by atoms with Crippen LogP contribution in [0.2, 0.25) is 0 Å². The van der Waals surface area contributed by atoms with Crippen molar-refractivity contribution in [3.63, 3.8) is 0 Å². The van der Waals surface area contributed by atoms with E-state index in [9.17, 15) is 9.90 Å². The summed E-state index contributed by atoms with van der Waals surface area (Å²) in [6.45, 7) is 1.75. The maximum atomic E-state index is 11.4. The Morgan fingerprint density at radius 3 is 3.06 bits per heavy atom. The van der Waals surface area contributed by atoms with Crippen LogP contribution in [0.5, 0.6) is 5.06 Å². The van der Waals surface area contributed by atoms with Crippen molar-refractivity contribution in [2.75, 3.05) is 0 Å². The first-order chi connectivity index (χ1) is 7.70. The molecule has 0 aliphatic carbocycles. The fourth-order valence-electron chi connectivity index (χ4n) is 1.32. The number of Topliss-reactive ketones (excluding diaryl/α,β-unsaturated/α-hetero) is 1. The SMILES string of the molecule is CCC(=O)c1nc(Cc2cnc[nH]2)sc1O. The first kappa shape index (κ1) is 10.8. The van der Waals surface area contributed by atoms with Crippen LogP contribution in [-0.4, -0.2) is 25.8 Å². The molecule has 0 aliphatic heterocycles. The summed E-state index contributed by atoms with van der Waals surface area (Å²) in [5.41, 5.74) is 1.09. The molecule has 2 aromatic heterocycles. The van der Waals surface area contributed by atoms with E-state index < -0.39 is 0 Å². The monoisotopic (exact) mass is 237 g/mol. The number of imidazole rings is 1. The van der Waals surface area contributed by atoms with Gasteiger partial charge in [-0.25, -0.2) is 9.97 Å². The van der Waals surface area contributed by atoms with Crippen LogP contribution in [0.25, 0.3) is 0 Å². The zero-order chi connectivity index (χ0) is 11.5. The van der Waals surface area contributed by atoms with Crippen molar-refractivity contribution in [3.8, 4) is 5.06 Å². The van der Waals surface area contributed by atoms with Crippen LogP contribution in [0.4, 0.5) is 0 Å². The summed E-state index contributed by atoms with van der Waals surface area (Å²) in [5, 5.41) is 10.3. The fourth-order valence-corrected chi connectivity index (χ4v) is 2.17. The lowest BCUT2D eigenvalue weighted by atomic mass is 10.2. The minimum Gasteiger partial charge on any atom is -0.498 e. The maximum Gasteiger partial charge on any atom is 0.203 e. The van der Waals surface area contributed by atoms with Gasteiger partial charge in [0.1, 0.15) is 5.01 Å². The first-order valence-electron chi connectivity index (χ1n) is 4.89. The van der Waals surface area contributed by atoms with E-state index in [0.717, 1.165) is 17.0 Å². The molecule has 0 aromatic carbocycles. The molecule has 0 amide bonds. The normalized spacial score (nSPS) is 10.6. The van der Waals surface area contributed by atoms with Crippen molar-refractivity contribution >= 4 is 17.1 Å². The van der Waals surface area contributed by atoms with E-state index in [4.69, 9.17) is 0 Å². The van der Waals surface area contributed by atoms with Gasteiger partial charge in [0.05, 0.1) is 6.33 Å². The van der Waals surface area contributed by atoms with Crippen LogP contribution >= 0.6 is 11.3 Å². The Balaban J connectivity index is 2.21. The smallest absolute Gasteiger partial charge is 0.203 e. The minimum absolute atomic E-state index is 0.00126. The average Bonchev–Trinajstić information content (AvgIpc) is 2.88. The van der Waals surface area contributed by atoms with Gasteiger partial charge in [-0.3, -0.25) is 4.79 Å². The number of carbonyl (C=O) groups is 1. The maximum absolute atomic E-state index is 11.4. The van der Waals surface area contributed by atoms with Gasteiger partial charge in [0.2, 0.25) is 5.06 Å². The average molecular weight is 237 g/mol. The number of aromatic nitrogens is 3. The van der Waals surface area contributed by atoms with E-state index in [-0.39, 0.29) is 16.5 Å². The fraction of sp³-hybridized carbons (Fsp3) is 0.300. The topological polar surface area (TPSA) is 78.9 Å². The summed E-state index contributed by atoms with van der Waals surface area (Å²) in [6.07, 6.45) is 4.18. The lowest BCUT2D eigenvalue weighted by molar-refractivity contribution is 0.0981. The summed E-state index contributed by atoms with van der Waals surface area (Å²) in [4.78, 5) is 22.4. The molecule has 0 spiro atoms. The Morgan fingerprint density at radius 1 is 1.62 bits per heavy atom. The molecule has 0 aliphatic rings. The molecule has 5 nitrogen and oxygen atoms in total. The van der Waals surface area contributed by atoms with Crippen molar-refractivity contribution in [2.45, 2.75) is 19.8 Å². The van der Waals surface area contributed by atoms with E-state index in [1.54, 1.807) is 19.4 Å². The van der Waals surface area contributed by atoms with Gasteiger partial charge in [-0.05, 0) is 0 Å². The lowest BCUT2D eigenvalue weighted by Gasteiger charge is -1.91. The Kier molecular flexibility index (Phi) is 3.00. The van der Waals surface area contributed by atoms with Gasteiger partial charge in [-0.15, -0.1) is 0 Å². The molecule has 0 saturated heterocycles. The van der Waals surface area contributed by atoms with Gasteiger partial charge in [0, 0.05) is 24.7 Å². The second-order valence-corrected chi connectivity index (χ2v) is 4.35. The summed E-state index contributed by atoms with van der Waals surface area (Å²) in [6, 6.07) is 0. The number of nitrogens with one attached hydrogen (secondary N) is 1. The van der Waals surface area contributed by atoms with Crippen molar-refractivity contribution in [2.24, 2.45) is 0 Å². The highest BCUT2D eigenvalue weighted by Crippen LogP contribution is 2.27. The van der Waals surface area contributed by atoms with Crippen LogP contribution in [0.3, 0.4) is 0 Å². The van der Waals surface area contributed by atoms with Gasteiger partial charge >= 0.3 is 0 Å². The number of hydrogen-bond donors (Lipinski definition) is 2. The number of thiazole rings is 1. The third kappa shape index (κ3) is 2.11. The predicted molar refractivity (Wildman–Crippen MR) is 59.8 cm³/mol. The van der Waals surface area contributed by atoms with Gasteiger partial charge < -0.3 is 10.1 Å². The van der Waals surface area contributed by atoms with E-state index in [0.29, 0.717) is 17.8 Å². The Morgan fingerprint density at radius 2 is 2.44 bits per heavy atom. The molecule has 84 valence electrons. The van der Waals surface area contributed by atoms with Crippen molar-refractivity contribution in [1.29, 1.82) is 0 Å².